The van der Waals surface area contributed by atoms with E-state index >= 15 is 0 Å². The van der Waals surface area contributed by atoms with Crippen molar-refractivity contribution in [2.45, 2.75) is 39.2 Å². The van der Waals surface area contributed by atoms with Gasteiger partial charge in [0.05, 0.1) is 18.6 Å². The molecular weight excluding hydrogens is 407 g/mol. The molecule has 0 aliphatic carbocycles. The first-order valence-corrected chi connectivity index (χ1v) is 11.8. The molecule has 2 rings (SSSR count). The number of carbonyl (C=O) groups is 1. The molecule has 0 radical (unpaired) electrons. The normalized spacial score (nSPS) is 12.3. The van der Waals surface area contributed by atoms with Gasteiger partial charge in [0, 0.05) is 6.54 Å². The van der Waals surface area contributed by atoms with Gasteiger partial charge in [-0.05, 0) is 49.9 Å². The van der Waals surface area contributed by atoms with Crippen molar-refractivity contribution in [3.8, 4) is 5.75 Å². The number of rotatable bonds is 11. The van der Waals surface area contributed by atoms with E-state index in [2.05, 4.69) is 5.32 Å². The second kappa shape index (κ2) is 11.0. The number of hydrogen-bond donors (Lipinski definition) is 1. The summed E-state index contributed by atoms with van der Waals surface area (Å²) in [6.45, 7) is 4.49. The van der Waals surface area contributed by atoms with Gasteiger partial charge < -0.3 is 10.1 Å². The second-order valence-corrected chi connectivity index (χ2v) is 8.90. The molecule has 0 bridgehead atoms. The molecule has 1 amide bonds. The van der Waals surface area contributed by atoms with E-state index < -0.39 is 27.8 Å². The van der Waals surface area contributed by atoms with Gasteiger partial charge in [-0.1, -0.05) is 37.3 Å². The third-order valence-electron chi connectivity index (χ3n) is 4.53. The van der Waals surface area contributed by atoms with E-state index in [9.17, 15) is 17.6 Å². The lowest BCUT2D eigenvalue weighted by Crippen LogP contribution is -2.48. The van der Waals surface area contributed by atoms with Crippen LogP contribution in [0.5, 0.6) is 5.75 Å². The molecule has 164 valence electrons. The van der Waals surface area contributed by atoms with Crippen molar-refractivity contribution in [2.24, 2.45) is 0 Å². The molecule has 0 saturated heterocycles. The number of benzene rings is 2. The van der Waals surface area contributed by atoms with Gasteiger partial charge in [-0.25, -0.2) is 12.8 Å². The number of sulfonamides is 1. The van der Waals surface area contributed by atoms with Crippen molar-refractivity contribution in [1.29, 1.82) is 0 Å². The first kappa shape index (κ1) is 23.7. The van der Waals surface area contributed by atoms with Gasteiger partial charge in [0.15, 0.2) is 0 Å². The average Bonchev–Trinajstić information content (AvgIpc) is 2.70. The Morgan fingerprint density at radius 1 is 1.17 bits per heavy atom. The number of ether oxygens (including phenoxy) is 1. The molecule has 30 heavy (non-hydrogen) atoms. The second-order valence-electron chi connectivity index (χ2n) is 7.04. The van der Waals surface area contributed by atoms with Gasteiger partial charge >= 0.3 is 0 Å². The molecule has 6 nitrogen and oxygen atoms in total. The van der Waals surface area contributed by atoms with Crippen LogP contribution in [0.1, 0.15) is 32.3 Å². The minimum absolute atomic E-state index is 0.148. The Bertz CT molecular complexity index is 950. The van der Waals surface area contributed by atoms with Gasteiger partial charge in [0.25, 0.3) is 0 Å². The molecule has 0 aliphatic rings. The average molecular weight is 437 g/mol. The van der Waals surface area contributed by atoms with Gasteiger partial charge in [-0.2, -0.15) is 0 Å². The molecule has 0 spiro atoms. The maximum Gasteiger partial charge on any atom is 0.243 e. The fourth-order valence-corrected chi connectivity index (χ4v) is 4.29. The SMILES string of the molecule is CCCOc1ccccc1CCCNC(=O)C(C)N(c1ccccc1F)S(C)(=O)=O. The third-order valence-corrected chi connectivity index (χ3v) is 5.76. The number of amides is 1. The summed E-state index contributed by atoms with van der Waals surface area (Å²) in [6, 6.07) is 12.2. The Labute approximate surface area is 178 Å². The molecule has 8 heteroatoms. The van der Waals surface area contributed by atoms with Crippen molar-refractivity contribution in [3.63, 3.8) is 0 Å². The van der Waals surface area contributed by atoms with Crippen molar-refractivity contribution in [1.82, 2.24) is 5.32 Å². The summed E-state index contributed by atoms with van der Waals surface area (Å²) in [7, 11) is -3.86. The molecule has 1 atom stereocenters. The minimum atomic E-state index is -3.86. The number of aryl methyl sites for hydroxylation is 1. The molecule has 0 aliphatic heterocycles. The van der Waals surface area contributed by atoms with Gasteiger partial charge in [0.1, 0.15) is 17.6 Å². The molecule has 0 heterocycles. The number of hydrogen-bond acceptors (Lipinski definition) is 4. The van der Waals surface area contributed by atoms with Crippen LogP contribution in [0.15, 0.2) is 48.5 Å². The van der Waals surface area contributed by atoms with Gasteiger partial charge in [0.2, 0.25) is 15.9 Å². The standard InChI is InChI=1S/C22H29FN2O4S/c1-4-16-29-21-14-8-5-10-18(21)11-9-15-24-22(26)17(2)25(30(3,27)28)20-13-7-6-12-19(20)23/h5-8,10,12-14,17H,4,9,11,15-16H2,1-3H3,(H,24,26). The zero-order valence-electron chi connectivity index (χ0n) is 17.6. The molecule has 0 fully saturated rings. The van der Waals surface area contributed by atoms with Crippen LogP contribution in [0.25, 0.3) is 0 Å². The summed E-state index contributed by atoms with van der Waals surface area (Å²) < 4.78 is 45.2. The Balaban J connectivity index is 1.98. The fraction of sp³-hybridized carbons (Fsp3) is 0.409. The van der Waals surface area contributed by atoms with E-state index in [1.165, 1.54) is 25.1 Å². The van der Waals surface area contributed by atoms with E-state index in [-0.39, 0.29) is 5.69 Å². The third kappa shape index (κ3) is 6.45. The van der Waals surface area contributed by atoms with Crippen molar-refractivity contribution >= 4 is 21.6 Å². The monoisotopic (exact) mass is 436 g/mol. The van der Waals surface area contributed by atoms with Crippen molar-refractivity contribution in [2.75, 3.05) is 23.7 Å². The predicted molar refractivity (Wildman–Crippen MR) is 117 cm³/mol. The van der Waals surface area contributed by atoms with Gasteiger partial charge in [-0.3, -0.25) is 9.10 Å². The number of halogens is 1. The first-order chi connectivity index (χ1) is 14.3. The first-order valence-electron chi connectivity index (χ1n) is 9.98. The summed E-state index contributed by atoms with van der Waals surface area (Å²) >= 11 is 0. The number of nitrogens with zero attached hydrogens (tertiary/aromatic N) is 1. The maximum atomic E-state index is 14.2. The molecular formula is C22H29FN2O4S. The Morgan fingerprint density at radius 3 is 2.50 bits per heavy atom. The highest BCUT2D eigenvalue weighted by Gasteiger charge is 2.30. The maximum absolute atomic E-state index is 14.2. The fourth-order valence-electron chi connectivity index (χ4n) is 3.11. The van der Waals surface area contributed by atoms with E-state index in [0.717, 1.165) is 34.4 Å². The predicted octanol–water partition coefficient (Wildman–Crippen LogP) is 3.52. The Morgan fingerprint density at radius 2 is 1.83 bits per heavy atom. The van der Waals surface area contributed by atoms with E-state index in [0.29, 0.717) is 26.0 Å². The zero-order valence-corrected chi connectivity index (χ0v) is 18.4. The quantitative estimate of drug-likeness (QED) is 0.547. The molecule has 2 aromatic carbocycles. The van der Waals surface area contributed by atoms with Crippen LogP contribution in [0.2, 0.25) is 0 Å². The van der Waals surface area contributed by atoms with Crippen molar-refractivity contribution < 1.29 is 22.3 Å². The Hall–Kier alpha value is -2.61. The number of nitrogens with one attached hydrogen (secondary N) is 1. The topological polar surface area (TPSA) is 75.7 Å². The van der Waals surface area contributed by atoms with Crippen LogP contribution in [0.4, 0.5) is 10.1 Å². The summed E-state index contributed by atoms with van der Waals surface area (Å²) in [5.41, 5.74) is 0.905. The number of carbonyl (C=O) groups excluding carboxylic acids is 1. The highest BCUT2D eigenvalue weighted by molar-refractivity contribution is 7.92. The van der Waals surface area contributed by atoms with Crippen molar-refractivity contribution in [3.05, 3.63) is 59.9 Å². The van der Waals surface area contributed by atoms with Gasteiger partial charge in [-0.15, -0.1) is 0 Å². The lowest BCUT2D eigenvalue weighted by Gasteiger charge is -2.28. The molecule has 1 unspecified atom stereocenters. The van der Waals surface area contributed by atoms with Crippen LogP contribution in [0.3, 0.4) is 0 Å². The van der Waals surface area contributed by atoms with Crippen LogP contribution in [-0.4, -0.2) is 39.8 Å². The lowest BCUT2D eigenvalue weighted by molar-refractivity contribution is -0.121. The summed E-state index contributed by atoms with van der Waals surface area (Å²) in [5.74, 6) is -0.354. The smallest absolute Gasteiger partial charge is 0.243 e. The van der Waals surface area contributed by atoms with E-state index in [1.54, 1.807) is 0 Å². The minimum Gasteiger partial charge on any atom is -0.493 e. The summed E-state index contributed by atoms with van der Waals surface area (Å²) in [6.07, 6.45) is 3.23. The van der Waals surface area contributed by atoms with E-state index in [4.69, 9.17) is 4.74 Å². The molecule has 0 aromatic heterocycles. The highest BCUT2D eigenvalue weighted by atomic mass is 32.2. The van der Waals surface area contributed by atoms with Crippen LogP contribution in [0, 0.1) is 5.82 Å². The van der Waals surface area contributed by atoms with Crippen LogP contribution in [-0.2, 0) is 21.2 Å². The Kier molecular flexibility index (Phi) is 8.65. The molecule has 0 saturated carbocycles. The number of anilines is 1. The largest absolute Gasteiger partial charge is 0.493 e. The highest BCUT2D eigenvalue weighted by Crippen LogP contribution is 2.24. The zero-order chi connectivity index (χ0) is 22.1. The summed E-state index contributed by atoms with van der Waals surface area (Å²) in [5, 5.41) is 2.75. The van der Waals surface area contributed by atoms with Crippen LogP contribution >= 0.6 is 0 Å². The summed E-state index contributed by atoms with van der Waals surface area (Å²) in [4.78, 5) is 12.6. The van der Waals surface area contributed by atoms with E-state index in [1.807, 2.05) is 31.2 Å². The van der Waals surface area contributed by atoms with Crippen LogP contribution < -0.4 is 14.4 Å². The lowest BCUT2D eigenvalue weighted by atomic mass is 10.1. The molecule has 2 aromatic rings. The number of para-hydroxylation sites is 2. The molecule has 1 N–H and O–H groups in total.